The van der Waals surface area contributed by atoms with Crippen LogP contribution < -0.4 is 21.7 Å². The summed E-state index contributed by atoms with van der Waals surface area (Å²) in [6.45, 7) is 8.58. The molecule has 2 aromatic carbocycles. The van der Waals surface area contributed by atoms with Gasteiger partial charge in [0.1, 0.15) is 18.1 Å². The van der Waals surface area contributed by atoms with Gasteiger partial charge in [-0.25, -0.2) is 0 Å². The molecule has 9 nitrogen and oxygen atoms in total. The third-order valence-electron chi connectivity index (χ3n) is 6.43. The topological polar surface area (TPSA) is 151 Å². The van der Waals surface area contributed by atoms with E-state index in [1.54, 1.807) is 20.8 Å². The Kier molecular flexibility index (Phi) is 10.4. The minimum absolute atomic E-state index is 0.257. The minimum atomic E-state index is -1.18. The Morgan fingerprint density at radius 3 is 2.03 bits per heavy atom. The quantitative estimate of drug-likeness (QED) is 0.302. The monoisotopic (exact) mass is 498 g/mol. The lowest BCUT2D eigenvalue weighted by Gasteiger charge is -2.29. The van der Waals surface area contributed by atoms with Gasteiger partial charge < -0.3 is 26.8 Å². The zero-order chi connectivity index (χ0) is 27.0. The molecule has 3 amide bonds. The standard InChI is InChI=1S/C27H38N4O5/c1-6-16(4)23(26(34)29-17(5)27(35)36)31-25(33)22(15(2)3)30-24(32)21(28)14-19-12-9-11-18-10-7-8-13-20(18)19/h7-13,15-17,21-23H,6,14,28H2,1-5H3,(H,29,34)(H,30,32)(H,31,33)(H,35,36)/t16-,17-,21-,22-,23-/m0/s1. The van der Waals surface area contributed by atoms with Crippen LogP contribution in [0.4, 0.5) is 0 Å². The molecule has 0 radical (unpaired) electrons. The second-order valence-electron chi connectivity index (χ2n) is 9.62. The highest BCUT2D eigenvalue weighted by molar-refractivity contribution is 5.94. The van der Waals surface area contributed by atoms with Crippen molar-refractivity contribution in [1.29, 1.82) is 0 Å². The molecule has 0 aliphatic rings. The predicted molar refractivity (Wildman–Crippen MR) is 139 cm³/mol. The lowest BCUT2D eigenvalue weighted by atomic mass is 9.95. The molecule has 0 unspecified atom stereocenters. The first kappa shape index (κ1) is 28.8. The van der Waals surface area contributed by atoms with Crippen molar-refractivity contribution < 1.29 is 24.3 Å². The fourth-order valence-electron chi connectivity index (χ4n) is 3.91. The number of nitrogens with two attached hydrogens (primary N) is 1. The number of carboxylic acids is 1. The first-order valence-electron chi connectivity index (χ1n) is 12.3. The van der Waals surface area contributed by atoms with Crippen molar-refractivity contribution in [3.8, 4) is 0 Å². The van der Waals surface area contributed by atoms with Crippen molar-refractivity contribution in [2.24, 2.45) is 17.6 Å². The molecular formula is C27H38N4O5. The highest BCUT2D eigenvalue weighted by Gasteiger charge is 2.33. The van der Waals surface area contributed by atoms with Crippen molar-refractivity contribution in [3.05, 3.63) is 48.0 Å². The summed E-state index contributed by atoms with van der Waals surface area (Å²) in [6, 6.07) is 9.81. The highest BCUT2D eigenvalue weighted by atomic mass is 16.4. The molecule has 0 fully saturated rings. The molecule has 0 saturated heterocycles. The number of carbonyl (C=O) groups is 4. The number of hydrogen-bond acceptors (Lipinski definition) is 5. The van der Waals surface area contributed by atoms with Gasteiger partial charge in [-0.1, -0.05) is 76.6 Å². The van der Waals surface area contributed by atoms with Gasteiger partial charge >= 0.3 is 5.97 Å². The van der Waals surface area contributed by atoms with Crippen molar-refractivity contribution >= 4 is 34.5 Å². The maximum atomic E-state index is 13.2. The van der Waals surface area contributed by atoms with E-state index < -0.39 is 47.9 Å². The Morgan fingerprint density at radius 2 is 1.42 bits per heavy atom. The first-order chi connectivity index (χ1) is 17.0. The van der Waals surface area contributed by atoms with Crippen molar-refractivity contribution in [3.63, 3.8) is 0 Å². The maximum absolute atomic E-state index is 13.2. The maximum Gasteiger partial charge on any atom is 0.325 e. The summed E-state index contributed by atoms with van der Waals surface area (Å²) in [5.74, 6) is -3.30. The summed E-state index contributed by atoms with van der Waals surface area (Å²) in [7, 11) is 0. The molecule has 0 saturated carbocycles. The lowest BCUT2D eigenvalue weighted by Crippen LogP contribution is -2.59. The summed E-state index contributed by atoms with van der Waals surface area (Å²) in [5, 5.41) is 19.0. The molecule has 0 aliphatic heterocycles. The van der Waals surface area contributed by atoms with Crippen molar-refractivity contribution in [1.82, 2.24) is 16.0 Å². The van der Waals surface area contributed by atoms with Crippen LogP contribution in [0.5, 0.6) is 0 Å². The first-order valence-corrected chi connectivity index (χ1v) is 12.3. The van der Waals surface area contributed by atoms with Gasteiger partial charge in [-0.05, 0) is 41.5 Å². The van der Waals surface area contributed by atoms with Gasteiger partial charge in [0.2, 0.25) is 17.7 Å². The summed E-state index contributed by atoms with van der Waals surface area (Å²) in [5.41, 5.74) is 7.16. The number of aliphatic carboxylic acids is 1. The number of benzene rings is 2. The molecule has 196 valence electrons. The third kappa shape index (κ3) is 7.52. The van der Waals surface area contributed by atoms with Crippen LogP contribution in [0.1, 0.15) is 46.6 Å². The third-order valence-corrected chi connectivity index (χ3v) is 6.43. The van der Waals surface area contributed by atoms with E-state index in [0.717, 1.165) is 16.3 Å². The summed E-state index contributed by atoms with van der Waals surface area (Å²) >= 11 is 0. The van der Waals surface area contributed by atoms with Gasteiger partial charge in [0.05, 0.1) is 6.04 Å². The molecular weight excluding hydrogens is 460 g/mol. The minimum Gasteiger partial charge on any atom is -0.480 e. The summed E-state index contributed by atoms with van der Waals surface area (Å²) in [4.78, 5) is 50.0. The van der Waals surface area contributed by atoms with Crippen LogP contribution in [-0.4, -0.2) is 53.0 Å². The van der Waals surface area contributed by atoms with Crippen LogP contribution in [0.3, 0.4) is 0 Å². The number of carbonyl (C=O) groups excluding carboxylic acids is 3. The molecule has 2 rings (SSSR count). The number of nitrogens with one attached hydrogen (secondary N) is 3. The number of fused-ring (bicyclic) bond motifs is 1. The molecule has 6 N–H and O–H groups in total. The molecule has 0 heterocycles. The second-order valence-corrected chi connectivity index (χ2v) is 9.62. The van der Waals surface area contributed by atoms with Gasteiger partial charge in [-0.3, -0.25) is 19.2 Å². The molecule has 9 heteroatoms. The summed E-state index contributed by atoms with van der Waals surface area (Å²) in [6.07, 6.45) is 0.874. The van der Waals surface area contributed by atoms with E-state index in [2.05, 4.69) is 16.0 Å². The van der Waals surface area contributed by atoms with Gasteiger partial charge in [0.15, 0.2) is 0 Å². The predicted octanol–water partition coefficient (Wildman–Crippen LogP) is 1.97. The molecule has 0 aromatic heterocycles. The smallest absolute Gasteiger partial charge is 0.325 e. The van der Waals surface area contributed by atoms with Crippen molar-refractivity contribution in [2.45, 2.75) is 71.6 Å². The Bertz CT molecular complexity index is 1080. The van der Waals surface area contributed by atoms with Crippen molar-refractivity contribution in [2.75, 3.05) is 0 Å². The average Bonchev–Trinajstić information content (AvgIpc) is 2.84. The van der Waals surface area contributed by atoms with Crippen LogP contribution >= 0.6 is 0 Å². The zero-order valence-electron chi connectivity index (χ0n) is 21.6. The fraction of sp³-hybridized carbons (Fsp3) is 0.481. The normalized spacial score (nSPS) is 15.4. The Morgan fingerprint density at radius 1 is 0.833 bits per heavy atom. The van der Waals surface area contributed by atoms with E-state index in [1.807, 2.05) is 49.4 Å². The van der Waals surface area contributed by atoms with E-state index in [0.29, 0.717) is 12.8 Å². The highest BCUT2D eigenvalue weighted by Crippen LogP contribution is 2.19. The van der Waals surface area contributed by atoms with Gasteiger partial charge in [0, 0.05) is 0 Å². The van der Waals surface area contributed by atoms with Crippen LogP contribution in [-0.2, 0) is 25.6 Å². The van der Waals surface area contributed by atoms with E-state index in [1.165, 1.54) is 6.92 Å². The van der Waals surface area contributed by atoms with Gasteiger partial charge in [0.25, 0.3) is 0 Å². The largest absolute Gasteiger partial charge is 0.480 e. The molecule has 0 spiro atoms. The number of hydrogen-bond donors (Lipinski definition) is 5. The SMILES string of the molecule is CC[C@H](C)[C@H](NC(=O)[C@@H](NC(=O)[C@@H](N)Cc1cccc2ccccc12)C(C)C)C(=O)N[C@@H](C)C(=O)O. The van der Waals surface area contributed by atoms with E-state index in [9.17, 15) is 19.2 Å². The number of carboxylic acid groups (broad SMARTS) is 1. The Hall–Kier alpha value is -3.46. The van der Waals surface area contributed by atoms with E-state index >= 15 is 0 Å². The number of rotatable bonds is 12. The fourth-order valence-corrected chi connectivity index (χ4v) is 3.91. The number of amides is 3. The molecule has 5 atom stereocenters. The molecule has 0 bridgehead atoms. The molecule has 2 aromatic rings. The second kappa shape index (κ2) is 13.0. The van der Waals surface area contributed by atoms with Crippen LogP contribution in [0.25, 0.3) is 10.8 Å². The summed E-state index contributed by atoms with van der Waals surface area (Å²) < 4.78 is 0. The van der Waals surface area contributed by atoms with E-state index in [-0.39, 0.29) is 11.8 Å². The lowest BCUT2D eigenvalue weighted by molar-refractivity contribution is -0.142. The van der Waals surface area contributed by atoms with Crippen LogP contribution in [0.15, 0.2) is 42.5 Å². The van der Waals surface area contributed by atoms with E-state index in [4.69, 9.17) is 10.8 Å². The molecule has 0 aliphatic carbocycles. The Balaban J connectivity index is 2.12. The zero-order valence-corrected chi connectivity index (χ0v) is 21.6. The molecule has 36 heavy (non-hydrogen) atoms. The average molecular weight is 499 g/mol. The van der Waals surface area contributed by atoms with Gasteiger partial charge in [-0.2, -0.15) is 0 Å². The van der Waals surface area contributed by atoms with Crippen LogP contribution in [0.2, 0.25) is 0 Å². The van der Waals surface area contributed by atoms with Crippen LogP contribution in [0, 0.1) is 11.8 Å². The van der Waals surface area contributed by atoms with Gasteiger partial charge in [-0.15, -0.1) is 0 Å². The Labute approximate surface area is 212 Å².